The molecule has 2 aromatic carbocycles. The lowest BCUT2D eigenvalue weighted by Gasteiger charge is -2.16. The van der Waals surface area contributed by atoms with E-state index in [2.05, 4.69) is 21.8 Å². The summed E-state index contributed by atoms with van der Waals surface area (Å²) in [6.07, 6.45) is 6.11. The Morgan fingerprint density at radius 2 is 1.74 bits per heavy atom. The number of ether oxygens (including phenoxy) is 1. The zero-order valence-electron chi connectivity index (χ0n) is 16.8. The first kappa shape index (κ1) is 20.6. The second-order valence-electron chi connectivity index (χ2n) is 7.04. The fourth-order valence-electron chi connectivity index (χ4n) is 3.56. The number of nitrogens with zero attached hydrogens (tertiary/aromatic N) is 1. The number of thiocarbonyl (C=S) groups is 1. The first-order valence-electron chi connectivity index (χ1n) is 9.84. The average molecular weight is 432 g/mol. The van der Waals surface area contributed by atoms with Gasteiger partial charge in [0, 0.05) is 22.7 Å². The molecule has 156 valence electrons. The number of benzene rings is 2. The van der Waals surface area contributed by atoms with Gasteiger partial charge in [0.05, 0.1) is 6.54 Å². The molecule has 0 spiro atoms. The van der Waals surface area contributed by atoms with Crippen molar-refractivity contribution in [1.82, 2.24) is 15.2 Å². The van der Waals surface area contributed by atoms with Crippen molar-refractivity contribution in [1.29, 1.82) is 0 Å². The number of carbonyl (C=O) groups is 2. The standard InChI is InChI=1S/C24H21N3O3S/c1-2-7-16-8-3-6-11-21(16)30-13-12-27-15-17(18-9-4-5-10-20(18)27)14-19-22(28)25-24(31)26-23(19)29/h2-6,8-11,14-15H,1,7,12-13H2,(H2,25,26,28,29,31). The van der Waals surface area contributed by atoms with Crippen LogP contribution in [0.15, 0.2) is 73.0 Å². The quantitative estimate of drug-likeness (QED) is 0.260. The van der Waals surface area contributed by atoms with Crippen LogP contribution in [0.5, 0.6) is 5.75 Å². The molecule has 0 bridgehead atoms. The summed E-state index contributed by atoms with van der Waals surface area (Å²) in [6.45, 7) is 4.87. The number of hydrogen-bond donors (Lipinski definition) is 2. The van der Waals surface area contributed by atoms with E-state index in [0.717, 1.165) is 34.2 Å². The minimum absolute atomic E-state index is 0.0171. The number of nitrogens with one attached hydrogen (secondary N) is 2. The van der Waals surface area contributed by atoms with E-state index >= 15 is 0 Å². The van der Waals surface area contributed by atoms with Crippen molar-refractivity contribution in [3.05, 3.63) is 84.1 Å². The highest BCUT2D eigenvalue weighted by Gasteiger charge is 2.26. The van der Waals surface area contributed by atoms with E-state index in [0.29, 0.717) is 13.2 Å². The molecular formula is C24H21N3O3S. The number of rotatable bonds is 7. The van der Waals surface area contributed by atoms with Crippen LogP contribution in [0.3, 0.4) is 0 Å². The summed E-state index contributed by atoms with van der Waals surface area (Å²) >= 11 is 4.86. The smallest absolute Gasteiger partial charge is 0.263 e. The monoisotopic (exact) mass is 431 g/mol. The first-order chi connectivity index (χ1) is 15.1. The van der Waals surface area contributed by atoms with Crippen molar-refractivity contribution in [3.63, 3.8) is 0 Å². The molecule has 7 heteroatoms. The lowest BCUT2D eigenvalue weighted by molar-refractivity contribution is -0.123. The molecule has 0 saturated carbocycles. The molecule has 3 aromatic rings. The fraction of sp³-hybridized carbons (Fsp3) is 0.125. The molecule has 2 amide bonds. The number of amides is 2. The molecule has 0 aliphatic carbocycles. The first-order valence-corrected chi connectivity index (χ1v) is 10.3. The third-order valence-corrected chi connectivity index (χ3v) is 5.19. The van der Waals surface area contributed by atoms with Crippen LogP contribution in [0.1, 0.15) is 11.1 Å². The van der Waals surface area contributed by atoms with E-state index < -0.39 is 11.8 Å². The minimum Gasteiger partial charge on any atom is -0.491 e. The van der Waals surface area contributed by atoms with Crippen LogP contribution in [0, 0.1) is 0 Å². The fourth-order valence-corrected chi connectivity index (χ4v) is 3.75. The predicted molar refractivity (Wildman–Crippen MR) is 125 cm³/mol. The predicted octanol–water partition coefficient (Wildman–Crippen LogP) is 3.36. The topological polar surface area (TPSA) is 72.4 Å². The highest BCUT2D eigenvalue weighted by Crippen LogP contribution is 2.25. The van der Waals surface area contributed by atoms with Gasteiger partial charge in [0.15, 0.2) is 5.11 Å². The molecule has 4 rings (SSSR count). The van der Waals surface area contributed by atoms with E-state index in [1.54, 1.807) is 6.08 Å². The third kappa shape index (κ3) is 4.41. The molecule has 1 fully saturated rings. The summed E-state index contributed by atoms with van der Waals surface area (Å²) < 4.78 is 8.08. The van der Waals surface area contributed by atoms with E-state index in [1.807, 2.05) is 60.8 Å². The Bertz CT molecular complexity index is 1200. The molecule has 6 nitrogen and oxygen atoms in total. The zero-order chi connectivity index (χ0) is 21.8. The Morgan fingerprint density at radius 3 is 2.52 bits per heavy atom. The Balaban J connectivity index is 1.58. The van der Waals surface area contributed by atoms with Crippen LogP contribution >= 0.6 is 12.2 Å². The summed E-state index contributed by atoms with van der Waals surface area (Å²) in [7, 11) is 0. The number of carbonyl (C=O) groups excluding carboxylic acids is 2. The van der Waals surface area contributed by atoms with E-state index in [9.17, 15) is 9.59 Å². The van der Waals surface area contributed by atoms with Gasteiger partial charge in [0.2, 0.25) is 0 Å². The maximum absolute atomic E-state index is 12.2. The summed E-state index contributed by atoms with van der Waals surface area (Å²) in [5.41, 5.74) is 2.87. The van der Waals surface area contributed by atoms with Gasteiger partial charge in [0.1, 0.15) is 17.9 Å². The van der Waals surface area contributed by atoms with Gasteiger partial charge in [-0.15, -0.1) is 6.58 Å². The SMILES string of the molecule is C=CCc1ccccc1OCCn1cc(C=C2C(=O)NC(=S)NC2=O)c2ccccc21. The van der Waals surface area contributed by atoms with Crippen molar-refractivity contribution >= 4 is 46.1 Å². The lowest BCUT2D eigenvalue weighted by atomic mass is 10.1. The van der Waals surface area contributed by atoms with E-state index in [4.69, 9.17) is 17.0 Å². The van der Waals surface area contributed by atoms with Gasteiger partial charge >= 0.3 is 0 Å². The number of fused-ring (bicyclic) bond motifs is 1. The van der Waals surface area contributed by atoms with Gasteiger partial charge in [-0.25, -0.2) is 0 Å². The molecule has 1 aromatic heterocycles. The van der Waals surface area contributed by atoms with Crippen molar-refractivity contribution in [2.24, 2.45) is 0 Å². The van der Waals surface area contributed by atoms with Crippen LogP contribution < -0.4 is 15.4 Å². The highest BCUT2D eigenvalue weighted by molar-refractivity contribution is 7.80. The van der Waals surface area contributed by atoms with Crippen LogP contribution in [0.2, 0.25) is 0 Å². The van der Waals surface area contributed by atoms with Crippen molar-refractivity contribution < 1.29 is 14.3 Å². The molecule has 1 saturated heterocycles. The molecule has 2 N–H and O–H groups in total. The van der Waals surface area contributed by atoms with Gasteiger partial charge in [-0.1, -0.05) is 42.5 Å². The molecule has 1 aliphatic rings. The Hall–Kier alpha value is -3.71. The lowest BCUT2D eigenvalue weighted by Crippen LogP contribution is -2.51. The maximum Gasteiger partial charge on any atom is 0.263 e. The summed E-state index contributed by atoms with van der Waals surface area (Å²) in [5, 5.41) is 5.88. The van der Waals surface area contributed by atoms with Gasteiger partial charge in [-0.3, -0.25) is 20.2 Å². The Kier molecular flexibility index (Phi) is 5.95. The van der Waals surface area contributed by atoms with Crippen molar-refractivity contribution in [3.8, 4) is 5.75 Å². The molecule has 1 aliphatic heterocycles. The van der Waals surface area contributed by atoms with Gasteiger partial charge in [-0.2, -0.15) is 0 Å². The van der Waals surface area contributed by atoms with Crippen LogP contribution in [0.4, 0.5) is 0 Å². The van der Waals surface area contributed by atoms with Gasteiger partial charge in [-0.05, 0) is 42.4 Å². The van der Waals surface area contributed by atoms with Crippen molar-refractivity contribution in [2.75, 3.05) is 6.61 Å². The molecule has 31 heavy (non-hydrogen) atoms. The Morgan fingerprint density at radius 1 is 1.03 bits per heavy atom. The zero-order valence-corrected chi connectivity index (χ0v) is 17.6. The third-order valence-electron chi connectivity index (χ3n) is 4.99. The second-order valence-corrected chi connectivity index (χ2v) is 7.45. The van der Waals surface area contributed by atoms with Gasteiger partial charge < -0.3 is 9.30 Å². The van der Waals surface area contributed by atoms with E-state index in [-0.39, 0.29) is 10.7 Å². The maximum atomic E-state index is 12.2. The number of para-hydroxylation sites is 2. The van der Waals surface area contributed by atoms with Crippen LogP contribution in [0.25, 0.3) is 17.0 Å². The van der Waals surface area contributed by atoms with E-state index in [1.165, 1.54) is 0 Å². The molecule has 0 unspecified atom stereocenters. The molecular weight excluding hydrogens is 410 g/mol. The number of aromatic nitrogens is 1. The molecule has 0 atom stereocenters. The number of allylic oxidation sites excluding steroid dienone is 1. The second kappa shape index (κ2) is 8.97. The minimum atomic E-state index is -0.507. The normalized spacial score (nSPS) is 13.7. The highest BCUT2D eigenvalue weighted by atomic mass is 32.1. The average Bonchev–Trinajstić information content (AvgIpc) is 3.10. The van der Waals surface area contributed by atoms with Crippen molar-refractivity contribution in [2.45, 2.75) is 13.0 Å². The number of hydrogen-bond acceptors (Lipinski definition) is 4. The molecule has 2 heterocycles. The molecule has 0 radical (unpaired) electrons. The van der Waals surface area contributed by atoms with Crippen LogP contribution in [-0.2, 0) is 22.6 Å². The van der Waals surface area contributed by atoms with Gasteiger partial charge in [0.25, 0.3) is 11.8 Å². The summed E-state index contributed by atoms with van der Waals surface area (Å²) in [5.74, 6) is -0.173. The summed E-state index contributed by atoms with van der Waals surface area (Å²) in [6, 6.07) is 15.7. The van der Waals surface area contributed by atoms with Crippen LogP contribution in [-0.4, -0.2) is 28.1 Å². The summed E-state index contributed by atoms with van der Waals surface area (Å²) in [4.78, 5) is 24.4. The largest absolute Gasteiger partial charge is 0.491 e. The Labute approximate surface area is 185 Å².